The van der Waals surface area contributed by atoms with Gasteiger partial charge in [0.1, 0.15) is 11.5 Å². The summed E-state index contributed by atoms with van der Waals surface area (Å²) < 4.78 is 7.04. The highest BCUT2D eigenvalue weighted by Gasteiger charge is 2.24. The minimum Gasteiger partial charge on any atom is -0.309 e. The summed E-state index contributed by atoms with van der Waals surface area (Å²) in [6.45, 7) is 18.1. The number of aromatic nitrogens is 4. The zero-order valence-corrected chi connectivity index (χ0v) is 34.9. The molecule has 0 bridgehead atoms. The highest BCUT2D eigenvalue weighted by molar-refractivity contribution is 6.10. The Bertz CT molecular complexity index is 2930. The number of nitrogens with zero attached hydrogens (tertiary/aromatic N) is 5. The van der Waals surface area contributed by atoms with E-state index in [1.807, 2.05) is 6.20 Å². The molecule has 0 atom stereocenters. The number of pyridine rings is 1. The zero-order chi connectivity index (χ0) is 40.2. The Balaban J connectivity index is 1.27. The second kappa shape index (κ2) is 14.8. The monoisotopic (exact) mass is 758 g/mol. The molecule has 9 aromatic rings. The van der Waals surface area contributed by atoms with Gasteiger partial charge in [0.05, 0.1) is 28.5 Å². The molecule has 3 aromatic heterocycles. The van der Waals surface area contributed by atoms with E-state index in [1.54, 1.807) is 0 Å². The molecule has 0 saturated carbocycles. The molecule has 0 unspecified atom stereocenters. The van der Waals surface area contributed by atoms with E-state index in [9.17, 15) is 0 Å². The van der Waals surface area contributed by atoms with Gasteiger partial charge in [0.15, 0.2) is 17.4 Å². The lowest BCUT2D eigenvalue weighted by Crippen LogP contribution is -2.13. The minimum atomic E-state index is 0.330. The van der Waals surface area contributed by atoms with Crippen LogP contribution in [-0.2, 0) is 0 Å². The summed E-state index contributed by atoms with van der Waals surface area (Å²) in [5, 5.41) is 2.41. The van der Waals surface area contributed by atoms with Crippen LogP contribution in [0.15, 0.2) is 152 Å². The van der Waals surface area contributed by atoms with Crippen LogP contribution in [0.4, 0.5) is 17.1 Å². The van der Waals surface area contributed by atoms with Crippen LogP contribution >= 0.6 is 0 Å². The molecule has 0 aliphatic rings. The maximum Gasteiger partial charge on any atom is 0.191 e. The highest BCUT2D eigenvalue weighted by atomic mass is 15.2. The van der Waals surface area contributed by atoms with Crippen LogP contribution in [-0.4, -0.2) is 18.7 Å². The average molecular weight is 759 g/mol. The number of hydrogen-bond acceptors (Lipinski definition) is 2. The molecule has 9 rings (SSSR count). The van der Waals surface area contributed by atoms with Crippen LogP contribution in [0.25, 0.3) is 55.5 Å². The number of benzene rings is 6. The van der Waals surface area contributed by atoms with E-state index < -0.39 is 0 Å². The summed E-state index contributed by atoms with van der Waals surface area (Å²) in [5.74, 6) is 1.69. The van der Waals surface area contributed by atoms with Gasteiger partial charge >= 0.3 is 0 Å². The van der Waals surface area contributed by atoms with Crippen molar-refractivity contribution in [3.63, 3.8) is 0 Å². The predicted octanol–water partition coefficient (Wildman–Crippen LogP) is 14.8. The fourth-order valence-corrected chi connectivity index (χ4v) is 9.03. The number of aryl methyl sites for hydroxylation is 2. The Morgan fingerprint density at radius 2 is 1.17 bits per heavy atom. The fourth-order valence-electron chi connectivity index (χ4n) is 9.03. The lowest BCUT2D eigenvalue weighted by molar-refractivity contribution is 0.612. The molecule has 5 nitrogen and oxygen atoms in total. The molecule has 5 heteroatoms. The molecule has 0 spiro atoms. The van der Waals surface area contributed by atoms with Gasteiger partial charge < -0.3 is 4.90 Å². The van der Waals surface area contributed by atoms with Gasteiger partial charge in [-0.2, -0.15) is 4.57 Å². The highest BCUT2D eigenvalue weighted by Crippen LogP contribution is 2.43. The molecule has 288 valence electrons. The van der Waals surface area contributed by atoms with Gasteiger partial charge in [0, 0.05) is 46.9 Å². The van der Waals surface area contributed by atoms with E-state index >= 15 is 0 Å². The zero-order valence-electron chi connectivity index (χ0n) is 34.9. The summed E-state index contributed by atoms with van der Waals surface area (Å²) >= 11 is 0. The summed E-state index contributed by atoms with van der Waals surface area (Å²) in [4.78, 5) is 7.54. The second-order valence-corrected chi connectivity index (χ2v) is 16.6. The van der Waals surface area contributed by atoms with Gasteiger partial charge in [0.25, 0.3) is 0 Å². The van der Waals surface area contributed by atoms with Gasteiger partial charge in [-0.1, -0.05) is 88.4 Å². The third-order valence-electron chi connectivity index (χ3n) is 11.8. The first-order valence-electron chi connectivity index (χ1n) is 20.7. The Morgan fingerprint density at radius 1 is 0.552 bits per heavy atom. The molecule has 6 aromatic carbocycles. The SMILES string of the molecule is Cc1cccc(C)c1N(c1cccc(-n2[cH+]n(C(C)C)c3ccccc32)c1)c1ccc2c3ccccc3n(-c3cc(-c4c(C(C)C)cccc4C(C)C)ccn3)c2c1. The first-order chi connectivity index (χ1) is 28.1. The number of para-hydroxylation sites is 4. The number of rotatable bonds is 9. The Morgan fingerprint density at radius 3 is 1.88 bits per heavy atom. The first-order valence-corrected chi connectivity index (χ1v) is 20.7. The third-order valence-corrected chi connectivity index (χ3v) is 11.8. The molecule has 0 aliphatic heterocycles. The van der Waals surface area contributed by atoms with Gasteiger partial charge in [0.2, 0.25) is 0 Å². The molecular formula is C53H52N5+. The number of imidazole rings is 1. The number of anilines is 3. The van der Waals surface area contributed by atoms with E-state index in [2.05, 4.69) is 220 Å². The van der Waals surface area contributed by atoms with Gasteiger partial charge in [-0.3, -0.25) is 4.57 Å². The van der Waals surface area contributed by atoms with E-state index in [-0.39, 0.29) is 0 Å². The van der Waals surface area contributed by atoms with Crippen LogP contribution in [0, 0.1) is 13.8 Å². The van der Waals surface area contributed by atoms with Gasteiger partial charge in [-0.15, -0.1) is 0 Å². The maximum absolute atomic E-state index is 5.10. The number of fused-ring (bicyclic) bond motifs is 4. The van der Waals surface area contributed by atoms with Crippen LogP contribution in [0.3, 0.4) is 0 Å². The molecule has 3 heterocycles. The molecule has 0 amide bonds. The van der Waals surface area contributed by atoms with Crippen molar-refractivity contribution in [2.45, 2.75) is 73.3 Å². The normalized spacial score (nSPS) is 11.9. The first kappa shape index (κ1) is 37.1. The number of hydrogen-bond donors (Lipinski definition) is 0. The molecule has 58 heavy (non-hydrogen) atoms. The quantitative estimate of drug-likeness (QED) is 0.137. The van der Waals surface area contributed by atoms with Crippen molar-refractivity contribution < 1.29 is 0 Å². The lowest BCUT2D eigenvalue weighted by atomic mass is 9.85. The van der Waals surface area contributed by atoms with Crippen LogP contribution < -0.4 is 4.90 Å². The summed E-state index contributed by atoms with van der Waals surface area (Å²) in [7, 11) is 0. The smallest absolute Gasteiger partial charge is 0.191 e. The molecule has 0 radical (unpaired) electrons. The molecule has 0 fully saturated rings. The van der Waals surface area contributed by atoms with Crippen LogP contribution in [0.5, 0.6) is 0 Å². The summed E-state index contributed by atoms with van der Waals surface area (Å²) in [5.41, 5.74) is 16.8. The second-order valence-electron chi connectivity index (χ2n) is 16.6. The van der Waals surface area contributed by atoms with E-state index in [0.717, 1.165) is 33.9 Å². The van der Waals surface area contributed by atoms with Crippen molar-refractivity contribution in [2.24, 2.45) is 0 Å². The standard InChI is InChI=1S/C53H52N5/c1-34(2)43-21-15-22-44(35(3)4)52(43)39-28-29-54-51(30-39)58-47-23-10-9-20-45(47)46-27-26-42(32-50(46)58)57(53-37(7)16-13-17-38(53)8)41-19-14-18-40(31-41)56-33-55(36(5)6)48-24-11-12-25-49(48)56/h9-36H,1-8H3/q+1. The van der Waals surface area contributed by atoms with Crippen molar-refractivity contribution in [1.82, 2.24) is 18.7 Å². The largest absolute Gasteiger partial charge is 0.309 e. The Labute approximate surface area is 342 Å². The van der Waals surface area contributed by atoms with Gasteiger partial charge in [-0.05, 0) is 128 Å². The Kier molecular flexibility index (Phi) is 9.48. The molecular weight excluding hydrogens is 707 g/mol. The maximum atomic E-state index is 5.10. The molecule has 0 saturated heterocycles. The Hall–Kier alpha value is -6.46. The topological polar surface area (TPSA) is 30.9 Å². The summed E-state index contributed by atoms with van der Waals surface area (Å²) in [6, 6.07) is 51.5. The average Bonchev–Trinajstić information content (AvgIpc) is 3.78. The minimum absolute atomic E-state index is 0.330. The van der Waals surface area contributed by atoms with E-state index in [1.165, 1.54) is 60.9 Å². The fraction of sp³-hybridized carbons (Fsp3) is 0.208. The predicted molar refractivity (Wildman–Crippen MR) is 246 cm³/mol. The van der Waals surface area contributed by atoms with E-state index in [0.29, 0.717) is 17.9 Å². The molecule has 0 N–H and O–H groups in total. The third kappa shape index (κ3) is 6.26. The van der Waals surface area contributed by atoms with Crippen molar-refractivity contribution in [3.05, 3.63) is 174 Å². The van der Waals surface area contributed by atoms with Gasteiger partial charge in [-0.25, -0.2) is 9.55 Å². The van der Waals surface area contributed by atoms with Crippen molar-refractivity contribution in [2.75, 3.05) is 4.90 Å². The van der Waals surface area contributed by atoms with Crippen LogP contribution in [0.1, 0.15) is 81.7 Å². The van der Waals surface area contributed by atoms with Crippen molar-refractivity contribution >= 4 is 49.9 Å². The molecule has 0 aliphatic carbocycles. The van der Waals surface area contributed by atoms with Crippen molar-refractivity contribution in [3.8, 4) is 22.6 Å². The van der Waals surface area contributed by atoms with Crippen LogP contribution in [0.2, 0.25) is 0 Å². The lowest BCUT2D eigenvalue weighted by Gasteiger charge is -2.29. The van der Waals surface area contributed by atoms with E-state index in [4.69, 9.17) is 4.98 Å². The summed E-state index contributed by atoms with van der Waals surface area (Å²) in [6.07, 6.45) is 4.23. The van der Waals surface area contributed by atoms with Crippen molar-refractivity contribution in [1.29, 1.82) is 0 Å².